The zero-order valence-corrected chi connectivity index (χ0v) is 20.7. The predicted octanol–water partition coefficient (Wildman–Crippen LogP) is 7.47. The average molecular weight is 451 g/mol. The van der Waals surface area contributed by atoms with E-state index in [9.17, 15) is 9.90 Å². The second-order valence-corrected chi connectivity index (χ2v) is 10.5. The van der Waals surface area contributed by atoms with Crippen molar-refractivity contribution >= 4 is 12.0 Å². The Bertz CT molecular complexity index is 1030. The van der Waals surface area contributed by atoms with Gasteiger partial charge in [-0.3, -0.25) is 0 Å². The minimum absolute atomic E-state index is 0.00236. The number of carboxylic acids is 1. The van der Waals surface area contributed by atoms with Crippen molar-refractivity contribution in [1.29, 1.82) is 0 Å². The highest BCUT2D eigenvalue weighted by atomic mass is 16.5. The fourth-order valence-corrected chi connectivity index (χ4v) is 4.77. The topological polar surface area (TPSA) is 66.8 Å². The van der Waals surface area contributed by atoms with Crippen molar-refractivity contribution in [2.75, 3.05) is 6.61 Å². The maximum atomic E-state index is 10.9. The van der Waals surface area contributed by atoms with Crippen LogP contribution in [-0.4, -0.2) is 22.8 Å². The number of unbranched alkanes of at least 4 members (excludes halogenated alkanes) is 3. The summed E-state index contributed by atoms with van der Waals surface area (Å²) in [6.07, 6.45) is 9.42. The third kappa shape index (κ3) is 5.79. The molecule has 0 spiro atoms. The van der Waals surface area contributed by atoms with E-state index >= 15 is 0 Å². The molecule has 0 atom stereocenters. The third-order valence-electron chi connectivity index (χ3n) is 6.89. The van der Waals surface area contributed by atoms with E-state index in [1.54, 1.807) is 18.2 Å². The molecule has 4 heteroatoms. The highest BCUT2D eigenvalue weighted by Crippen LogP contribution is 2.51. The van der Waals surface area contributed by atoms with Crippen LogP contribution in [0.3, 0.4) is 0 Å². The first-order valence-electron chi connectivity index (χ1n) is 12.1. The van der Waals surface area contributed by atoms with Gasteiger partial charge >= 0.3 is 5.97 Å². The van der Waals surface area contributed by atoms with Gasteiger partial charge in [0.2, 0.25) is 0 Å². The molecule has 1 aliphatic carbocycles. The molecular weight excluding hydrogens is 412 g/mol. The van der Waals surface area contributed by atoms with Crippen LogP contribution in [0.5, 0.6) is 11.5 Å². The molecule has 178 valence electrons. The van der Waals surface area contributed by atoms with Crippen LogP contribution in [0.25, 0.3) is 17.2 Å². The van der Waals surface area contributed by atoms with Crippen molar-refractivity contribution in [1.82, 2.24) is 0 Å². The molecule has 0 aromatic heterocycles. The SMILES string of the molecule is CCCCCCOc1cc(-c2cc(/C=C/C(=O)O)ccc2O)cc2c1C(C)(C)CCC2(C)C. The van der Waals surface area contributed by atoms with E-state index < -0.39 is 5.97 Å². The van der Waals surface area contributed by atoms with Crippen LogP contribution in [0.15, 0.2) is 36.4 Å². The van der Waals surface area contributed by atoms with Crippen LogP contribution in [0.4, 0.5) is 0 Å². The van der Waals surface area contributed by atoms with Crippen LogP contribution in [0.2, 0.25) is 0 Å². The molecule has 0 aliphatic heterocycles. The van der Waals surface area contributed by atoms with Crippen LogP contribution >= 0.6 is 0 Å². The smallest absolute Gasteiger partial charge is 0.328 e. The molecule has 2 aromatic carbocycles. The Morgan fingerprint density at radius 2 is 1.76 bits per heavy atom. The van der Waals surface area contributed by atoms with E-state index in [0.717, 1.165) is 48.6 Å². The van der Waals surface area contributed by atoms with Gasteiger partial charge in [0.15, 0.2) is 0 Å². The molecule has 2 N–H and O–H groups in total. The summed E-state index contributed by atoms with van der Waals surface area (Å²) in [4.78, 5) is 10.9. The molecule has 33 heavy (non-hydrogen) atoms. The van der Waals surface area contributed by atoms with Gasteiger partial charge in [-0.1, -0.05) is 59.9 Å². The highest BCUT2D eigenvalue weighted by molar-refractivity contribution is 5.86. The molecule has 2 aromatic rings. The molecule has 4 nitrogen and oxygen atoms in total. The number of fused-ring (bicyclic) bond motifs is 1. The maximum absolute atomic E-state index is 10.9. The van der Waals surface area contributed by atoms with Gasteiger partial charge in [0.05, 0.1) is 6.61 Å². The Labute approximate surface area is 198 Å². The molecule has 0 radical (unpaired) electrons. The van der Waals surface area contributed by atoms with Crippen molar-refractivity contribution in [3.63, 3.8) is 0 Å². The number of hydrogen-bond donors (Lipinski definition) is 2. The Morgan fingerprint density at radius 1 is 1.03 bits per heavy atom. The number of phenols is 1. The minimum Gasteiger partial charge on any atom is -0.507 e. The number of hydrogen-bond acceptors (Lipinski definition) is 3. The summed E-state index contributed by atoms with van der Waals surface area (Å²) in [5.41, 5.74) is 4.86. The van der Waals surface area contributed by atoms with E-state index in [2.05, 4.69) is 46.8 Å². The quantitative estimate of drug-likeness (QED) is 0.307. The van der Waals surface area contributed by atoms with E-state index in [1.807, 2.05) is 6.07 Å². The first kappa shape index (κ1) is 24.9. The summed E-state index contributed by atoms with van der Waals surface area (Å²) in [5, 5.41) is 19.7. The van der Waals surface area contributed by atoms with Crippen LogP contribution in [0.1, 0.15) is 89.8 Å². The molecule has 0 fully saturated rings. The zero-order valence-electron chi connectivity index (χ0n) is 20.7. The van der Waals surface area contributed by atoms with Gasteiger partial charge in [0, 0.05) is 17.2 Å². The highest BCUT2D eigenvalue weighted by Gasteiger charge is 2.39. The standard InChI is InChI=1S/C29H38O4/c1-6-7-8-9-16-33-25-19-21(18-23-27(25)29(4,5)15-14-28(23,2)3)22-17-20(10-12-24(22)30)11-13-26(31)32/h10-13,17-19,30H,6-9,14-16H2,1-5H3,(H,31,32)/b13-11+. The number of benzene rings is 2. The second kappa shape index (κ2) is 10.0. The van der Waals surface area contributed by atoms with Gasteiger partial charge in [-0.05, 0) is 77.1 Å². The van der Waals surface area contributed by atoms with Crippen LogP contribution in [-0.2, 0) is 15.6 Å². The summed E-state index contributed by atoms with van der Waals surface area (Å²) < 4.78 is 6.42. The van der Waals surface area contributed by atoms with Crippen molar-refractivity contribution < 1.29 is 19.7 Å². The minimum atomic E-state index is -0.999. The fourth-order valence-electron chi connectivity index (χ4n) is 4.77. The summed E-state index contributed by atoms with van der Waals surface area (Å²) in [7, 11) is 0. The molecular formula is C29H38O4. The number of carbonyl (C=O) groups is 1. The largest absolute Gasteiger partial charge is 0.507 e. The van der Waals surface area contributed by atoms with Gasteiger partial charge < -0.3 is 14.9 Å². The normalized spacial score (nSPS) is 16.5. The maximum Gasteiger partial charge on any atom is 0.328 e. The molecule has 0 saturated heterocycles. The molecule has 0 unspecified atom stereocenters. The molecule has 0 heterocycles. The lowest BCUT2D eigenvalue weighted by Crippen LogP contribution is -2.34. The van der Waals surface area contributed by atoms with Gasteiger partial charge in [-0.15, -0.1) is 0 Å². The monoisotopic (exact) mass is 450 g/mol. The number of ether oxygens (including phenoxy) is 1. The lowest BCUT2D eigenvalue weighted by molar-refractivity contribution is -0.131. The van der Waals surface area contributed by atoms with Gasteiger partial charge in [-0.2, -0.15) is 0 Å². The van der Waals surface area contributed by atoms with Crippen molar-refractivity contribution in [2.45, 2.75) is 84.0 Å². The van der Waals surface area contributed by atoms with E-state index in [4.69, 9.17) is 9.84 Å². The van der Waals surface area contributed by atoms with E-state index in [0.29, 0.717) is 12.2 Å². The number of rotatable bonds is 9. The summed E-state index contributed by atoms with van der Waals surface area (Å²) in [5.74, 6) is 0.0768. The Balaban J connectivity index is 2.11. The second-order valence-electron chi connectivity index (χ2n) is 10.5. The lowest BCUT2D eigenvalue weighted by Gasteiger charge is -2.43. The van der Waals surface area contributed by atoms with Crippen LogP contribution < -0.4 is 4.74 Å². The number of carboxylic acid groups (broad SMARTS) is 1. The Kier molecular flexibility index (Phi) is 7.56. The van der Waals surface area contributed by atoms with Gasteiger partial charge in [-0.25, -0.2) is 4.79 Å². The Morgan fingerprint density at radius 3 is 2.45 bits per heavy atom. The number of aliphatic carboxylic acids is 1. The molecule has 0 saturated carbocycles. The third-order valence-corrected chi connectivity index (χ3v) is 6.89. The first-order chi connectivity index (χ1) is 15.5. The average Bonchev–Trinajstić information content (AvgIpc) is 2.75. The van der Waals surface area contributed by atoms with Crippen LogP contribution in [0, 0.1) is 0 Å². The van der Waals surface area contributed by atoms with Crippen molar-refractivity contribution in [3.05, 3.63) is 53.1 Å². The van der Waals surface area contributed by atoms with Crippen molar-refractivity contribution in [2.24, 2.45) is 0 Å². The molecule has 3 rings (SSSR count). The first-order valence-corrected chi connectivity index (χ1v) is 12.1. The fraction of sp³-hybridized carbons (Fsp3) is 0.483. The van der Waals surface area contributed by atoms with E-state index in [-0.39, 0.29) is 16.6 Å². The van der Waals surface area contributed by atoms with Crippen molar-refractivity contribution in [3.8, 4) is 22.6 Å². The Hall–Kier alpha value is -2.75. The summed E-state index contributed by atoms with van der Waals surface area (Å²) >= 11 is 0. The predicted molar refractivity (Wildman–Crippen MR) is 135 cm³/mol. The number of phenolic OH excluding ortho intramolecular Hbond substituents is 1. The zero-order chi connectivity index (χ0) is 24.2. The number of aromatic hydroxyl groups is 1. The van der Waals surface area contributed by atoms with E-state index in [1.165, 1.54) is 24.0 Å². The van der Waals surface area contributed by atoms with Gasteiger partial charge in [0.25, 0.3) is 0 Å². The summed E-state index contributed by atoms with van der Waals surface area (Å²) in [6.45, 7) is 12.0. The molecule has 0 amide bonds. The molecule has 0 bridgehead atoms. The van der Waals surface area contributed by atoms with Gasteiger partial charge in [0.1, 0.15) is 11.5 Å². The summed E-state index contributed by atoms with van der Waals surface area (Å²) in [6, 6.07) is 9.43. The molecule has 1 aliphatic rings. The lowest BCUT2D eigenvalue weighted by atomic mass is 9.62.